The first-order valence-corrected chi connectivity index (χ1v) is 7.75. The Kier molecular flexibility index (Phi) is 6.28. The SMILES string of the molecule is CC(NC(=O)CCCOc1ccccc1)c1ccc(Cl)cc1. The zero-order valence-corrected chi connectivity index (χ0v) is 13.3. The molecule has 2 rings (SSSR count). The van der Waals surface area contributed by atoms with E-state index in [1.165, 1.54) is 0 Å². The fourth-order valence-electron chi connectivity index (χ4n) is 2.09. The molecule has 0 aliphatic carbocycles. The van der Waals surface area contributed by atoms with Crippen molar-refractivity contribution in [2.75, 3.05) is 6.61 Å². The standard InChI is InChI=1S/C18H20ClNO2/c1-14(15-9-11-16(19)12-10-15)20-18(21)8-5-13-22-17-6-3-2-4-7-17/h2-4,6-7,9-12,14H,5,8,13H2,1H3,(H,20,21). The van der Waals surface area contributed by atoms with Crippen LogP contribution in [0.4, 0.5) is 0 Å². The zero-order valence-electron chi connectivity index (χ0n) is 12.6. The van der Waals surface area contributed by atoms with Crippen LogP contribution in [-0.2, 0) is 4.79 Å². The largest absolute Gasteiger partial charge is 0.494 e. The number of carbonyl (C=O) groups is 1. The summed E-state index contributed by atoms with van der Waals surface area (Å²) in [5.74, 6) is 0.858. The first-order chi connectivity index (χ1) is 10.6. The predicted molar refractivity (Wildman–Crippen MR) is 89.2 cm³/mol. The Morgan fingerprint density at radius 1 is 1.14 bits per heavy atom. The number of nitrogens with one attached hydrogen (secondary N) is 1. The molecule has 2 aromatic rings. The third-order valence-electron chi connectivity index (χ3n) is 3.31. The molecular weight excluding hydrogens is 298 g/mol. The molecule has 0 fully saturated rings. The number of hydrogen-bond acceptors (Lipinski definition) is 2. The van der Waals surface area contributed by atoms with E-state index in [2.05, 4.69) is 5.32 Å². The molecule has 0 heterocycles. The summed E-state index contributed by atoms with van der Waals surface area (Å²) in [5.41, 5.74) is 1.04. The summed E-state index contributed by atoms with van der Waals surface area (Å²) in [7, 11) is 0. The fraction of sp³-hybridized carbons (Fsp3) is 0.278. The van der Waals surface area contributed by atoms with Crippen molar-refractivity contribution < 1.29 is 9.53 Å². The van der Waals surface area contributed by atoms with Gasteiger partial charge in [0, 0.05) is 11.4 Å². The van der Waals surface area contributed by atoms with E-state index in [1.54, 1.807) is 0 Å². The number of amides is 1. The highest BCUT2D eigenvalue weighted by molar-refractivity contribution is 6.30. The minimum Gasteiger partial charge on any atom is -0.494 e. The molecule has 0 aromatic heterocycles. The molecule has 0 radical (unpaired) electrons. The summed E-state index contributed by atoms with van der Waals surface area (Å²) in [6.07, 6.45) is 1.14. The topological polar surface area (TPSA) is 38.3 Å². The van der Waals surface area contributed by atoms with Crippen molar-refractivity contribution in [1.29, 1.82) is 0 Å². The van der Waals surface area contributed by atoms with Crippen LogP contribution in [0.1, 0.15) is 31.4 Å². The monoisotopic (exact) mass is 317 g/mol. The molecule has 1 atom stereocenters. The third kappa shape index (κ3) is 5.41. The van der Waals surface area contributed by atoms with E-state index in [0.717, 1.165) is 11.3 Å². The van der Waals surface area contributed by atoms with Gasteiger partial charge in [-0.2, -0.15) is 0 Å². The number of benzene rings is 2. The lowest BCUT2D eigenvalue weighted by atomic mass is 10.1. The van der Waals surface area contributed by atoms with Crippen LogP contribution in [-0.4, -0.2) is 12.5 Å². The van der Waals surface area contributed by atoms with Crippen molar-refractivity contribution >= 4 is 17.5 Å². The normalized spacial score (nSPS) is 11.7. The van der Waals surface area contributed by atoms with Crippen molar-refractivity contribution in [3.05, 3.63) is 65.2 Å². The van der Waals surface area contributed by atoms with Crippen molar-refractivity contribution in [1.82, 2.24) is 5.32 Å². The lowest BCUT2D eigenvalue weighted by molar-refractivity contribution is -0.121. The molecular formula is C18H20ClNO2. The van der Waals surface area contributed by atoms with Crippen LogP contribution in [0.2, 0.25) is 5.02 Å². The van der Waals surface area contributed by atoms with Gasteiger partial charge in [0.1, 0.15) is 5.75 Å². The van der Waals surface area contributed by atoms with Crippen LogP contribution in [0.5, 0.6) is 5.75 Å². The van der Waals surface area contributed by atoms with E-state index < -0.39 is 0 Å². The van der Waals surface area contributed by atoms with E-state index in [4.69, 9.17) is 16.3 Å². The second-order valence-electron chi connectivity index (χ2n) is 5.11. The van der Waals surface area contributed by atoms with Crippen LogP contribution < -0.4 is 10.1 Å². The molecule has 3 nitrogen and oxygen atoms in total. The van der Waals surface area contributed by atoms with Crippen LogP contribution in [0.3, 0.4) is 0 Å². The number of rotatable bonds is 7. The van der Waals surface area contributed by atoms with E-state index in [0.29, 0.717) is 24.5 Å². The van der Waals surface area contributed by atoms with Gasteiger partial charge >= 0.3 is 0 Å². The van der Waals surface area contributed by atoms with Gasteiger partial charge in [0.15, 0.2) is 0 Å². The van der Waals surface area contributed by atoms with Gasteiger partial charge in [0.2, 0.25) is 5.91 Å². The highest BCUT2D eigenvalue weighted by Crippen LogP contribution is 2.16. The Bertz CT molecular complexity index is 584. The van der Waals surface area contributed by atoms with Gasteiger partial charge < -0.3 is 10.1 Å². The highest BCUT2D eigenvalue weighted by Gasteiger charge is 2.09. The van der Waals surface area contributed by atoms with Gasteiger partial charge in [-0.25, -0.2) is 0 Å². The molecule has 1 N–H and O–H groups in total. The molecule has 1 amide bonds. The Balaban J connectivity index is 1.68. The number of para-hydroxylation sites is 1. The Hall–Kier alpha value is -2.00. The van der Waals surface area contributed by atoms with Gasteiger partial charge in [-0.1, -0.05) is 41.9 Å². The maximum atomic E-state index is 11.9. The first-order valence-electron chi connectivity index (χ1n) is 7.38. The Labute approximate surface area is 136 Å². The van der Waals surface area contributed by atoms with Crippen LogP contribution >= 0.6 is 11.6 Å². The maximum Gasteiger partial charge on any atom is 0.220 e. The summed E-state index contributed by atoms with van der Waals surface area (Å²) in [6, 6.07) is 17.1. The molecule has 0 aliphatic heterocycles. The molecule has 2 aromatic carbocycles. The average Bonchev–Trinajstić information content (AvgIpc) is 2.53. The quantitative estimate of drug-likeness (QED) is 0.770. The maximum absolute atomic E-state index is 11.9. The van der Waals surface area contributed by atoms with Gasteiger partial charge in [0.25, 0.3) is 0 Å². The van der Waals surface area contributed by atoms with Crippen molar-refractivity contribution in [3.63, 3.8) is 0 Å². The van der Waals surface area contributed by atoms with Gasteiger partial charge in [-0.15, -0.1) is 0 Å². The lowest BCUT2D eigenvalue weighted by Gasteiger charge is -2.14. The fourth-order valence-corrected chi connectivity index (χ4v) is 2.21. The Morgan fingerprint density at radius 3 is 2.50 bits per heavy atom. The molecule has 0 saturated carbocycles. The molecule has 0 bridgehead atoms. The zero-order chi connectivity index (χ0) is 15.8. The van der Waals surface area contributed by atoms with E-state index >= 15 is 0 Å². The number of ether oxygens (including phenoxy) is 1. The smallest absolute Gasteiger partial charge is 0.220 e. The predicted octanol–water partition coefficient (Wildman–Crippen LogP) is 4.38. The minimum absolute atomic E-state index is 0.0270. The number of halogens is 1. The van der Waals surface area contributed by atoms with E-state index in [9.17, 15) is 4.79 Å². The molecule has 4 heteroatoms. The van der Waals surface area contributed by atoms with Gasteiger partial charge in [0.05, 0.1) is 12.6 Å². The molecule has 0 saturated heterocycles. The molecule has 0 aliphatic rings. The summed E-state index contributed by atoms with van der Waals surface area (Å²) < 4.78 is 5.56. The second-order valence-corrected chi connectivity index (χ2v) is 5.54. The minimum atomic E-state index is -0.0280. The summed E-state index contributed by atoms with van der Waals surface area (Å²) in [5, 5.41) is 3.67. The Morgan fingerprint density at radius 2 is 1.82 bits per heavy atom. The number of carbonyl (C=O) groups excluding carboxylic acids is 1. The molecule has 0 spiro atoms. The van der Waals surface area contributed by atoms with Crippen LogP contribution in [0.15, 0.2) is 54.6 Å². The van der Waals surface area contributed by atoms with Gasteiger partial charge in [-0.05, 0) is 43.2 Å². The van der Waals surface area contributed by atoms with Crippen molar-refractivity contribution in [2.24, 2.45) is 0 Å². The van der Waals surface area contributed by atoms with E-state index in [-0.39, 0.29) is 11.9 Å². The van der Waals surface area contributed by atoms with Gasteiger partial charge in [-0.3, -0.25) is 4.79 Å². The van der Waals surface area contributed by atoms with Crippen LogP contribution in [0.25, 0.3) is 0 Å². The summed E-state index contributed by atoms with van der Waals surface area (Å²) in [4.78, 5) is 11.9. The van der Waals surface area contributed by atoms with Crippen molar-refractivity contribution in [2.45, 2.75) is 25.8 Å². The average molecular weight is 318 g/mol. The molecule has 22 heavy (non-hydrogen) atoms. The molecule has 116 valence electrons. The van der Waals surface area contributed by atoms with E-state index in [1.807, 2.05) is 61.5 Å². The number of hydrogen-bond donors (Lipinski definition) is 1. The summed E-state index contributed by atoms with van der Waals surface area (Å²) >= 11 is 5.86. The molecule has 1 unspecified atom stereocenters. The highest BCUT2D eigenvalue weighted by atomic mass is 35.5. The second kappa shape index (κ2) is 8.44. The van der Waals surface area contributed by atoms with Crippen LogP contribution in [0, 0.1) is 0 Å². The first kappa shape index (κ1) is 16.4. The van der Waals surface area contributed by atoms with Crippen molar-refractivity contribution in [3.8, 4) is 5.75 Å². The summed E-state index contributed by atoms with van der Waals surface area (Å²) in [6.45, 7) is 2.49. The lowest BCUT2D eigenvalue weighted by Crippen LogP contribution is -2.26. The third-order valence-corrected chi connectivity index (χ3v) is 3.56.